The molecule has 0 radical (unpaired) electrons. The van der Waals surface area contributed by atoms with Gasteiger partial charge in [0.25, 0.3) is 0 Å². The van der Waals surface area contributed by atoms with Gasteiger partial charge in [-0.05, 0) is 26.8 Å². The van der Waals surface area contributed by atoms with E-state index in [1.165, 1.54) is 22.5 Å². The quantitative estimate of drug-likeness (QED) is 0.606. The third-order valence-electron chi connectivity index (χ3n) is 3.74. The second-order valence-corrected chi connectivity index (χ2v) is 5.50. The Morgan fingerprint density at radius 3 is 2.81 bits per heavy atom. The van der Waals surface area contributed by atoms with E-state index < -0.39 is 0 Å². The van der Waals surface area contributed by atoms with Crippen molar-refractivity contribution in [2.45, 2.75) is 33.1 Å². The van der Waals surface area contributed by atoms with Crippen LogP contribution < -0.4 is 0 Å². The molecule has 2 rings (SSSR count). The highest BCUT2D eigenvalue weighted by molar-refractivity contribution is 7.80. The van der Waals surface area contributed by atoms with E-state index in [0.29, 0.717) is 0 Å². The van der Waals surface area contributed by atoms with Gasteiger partial charge in [-0.3, -0.25) is 0 Å². The van der Waals surface area contributed by atoms with Crippen molar-refractivity contribution in [3.05, 3.63) is 29.3 Å². The first kappa shape index (κ1) is 10.4. The van der Waals surface area contributed by atoms with Crippen molar-refractivity contribution in [2.24, 2.45) is 0 Å². The van der Waals surface area contributed by atoms with Crippen molar-refractivity contribution in [1.29, 1.82) is 1.12 Å². The second kappa shape index (κ2) is 3.92. The average Bonchev–Trinajstić information content (AvgIpc) is 2.47. The van der Waals surface area contributed by atoms with Crippen molar-refractivity contribution in [3.8, 4) is 0 Å². The molecular weight excluding hydrogens is 214 g/mol. The number of benzene rings is 1. The Morgan fingerprint density at radius 1 is 1.38 bits per heavy atom. The second-order valence-electron chi connectivity index (χ2n) is 5.09. The topological polar surface area (TPSA) is 3.01 Å². The minimum absolute atomic E-state index is 0.119. The number of hydrogen-bond donors (Lipinski definition) is 1. The summed E-state index contributed by atoms with van der Waals surface area (Å²) in [6, 6.07) is 6.69. The van der Waals surface area contributed by atoms with E-state index in [9.17, 15) is 0 Å². The highest BCUT2D eigenvalue weighted by Crippen LogP contribution is 2.39. The summed E-state index contributed by atoms with van der Waals surface area (Å²) >= 11 is 1.16. The van der Waals surface area contributed by atoms with Crippen LogP contribution in [0.25, 0.3) is 0 Å². The zero-order valence-electron chi connectivity index (χ0n) is 11.5. The Bertz CT molecular complexity index is 477. The summed E-state index contributed by atoms with van der Waals surface area (Å²) in [6.45, 7) is 9.86. The van der Waals surface area contributed by atoms with Crippen LogP contribution in [0.3, 0.4) is 0 Å². The lowest BCUT2D eigenvalue weighted by Crippen LogP contribution is -2.27. The molecule has 2 heteroatoms. The van der Waals surface area contributed by atoms with Gasteiger partial charge in [-0.15, -0.1) is 0 Å². The molecule has 1 nitrogen and oxygen atoms in total. The smallest absolute Gasteiger partial charge is 0.198 e. The van der Waals surface area contributed by atoms with Gasteiger partial charge in [0.2, 0.25) is 5.69 Å². The van der Waals surface area contributed by atoms with E-state index in [0.717, 1.165) is 24.8 Å². The molecule has 0 N–H and O–H groups in total. The number of nitrogens with zero attached hydrogens (tertiary/aromatic N) is 1. The lowest BCUT2D eigenvalue weighted by atomic mass is 9.82. The van der Waals surface area contributed by atoms with E-state index in [2.05, 4.69) is 50.5 Å². The number of fused-ring (bicyclic) bond motifs is 1. The largest absolute Gasteiger partial charge is 0.209 e. The van der Waals surface area contributed by atoms with Crippen molar-refractivity contribution in [3.63, 3.8) is 0 Å². The predicted octanol–water partition coefficient (Wildman–Crippen LogP) is 3.32. The third kappa shape index (κ3) is 1.60. The molecule has 1 heterocycles. The van der Waals surface area contributed by atoms with Crippen LogP contribution in [0.15, 0.2) is 18.2 Å². The Kier molecular flexibility index (Phi) is 2.55. The summed E-state index contributed by atoms with van der Waals surface area (Å²) in [4.78, 5) is 0. The van der Waals surface area contributed by atoms with Crippen LogP contribution in [0.1, 0.15) is 31.9 Å². The minimum atomic E-state index is 0.119. The highest BCUT2D eigenvalue weighted by Gasteiger charge is 2.42. The van der Waals surface area contributed by atoms with Crippen LogP contribution in [0.5, 0.6) is 0 Å². The summed E-state index contributed by atoms with van der Waals surface area (Å²) in [5, 5.41) is 0. The number of aryl methyl sites for hydroxylation is 1. The molecule has 0 spiro atoms. The van der Waals surface area contributed by atoms with Crippen molar-refractivity contribution < 1.29 is 4.58 Å². The number of thiol groups is 1. The van der Waals surface area contributed by atoms with E-state index in [-0.39, 0.29) is 5.41 Å². The molecule has 0 saturated heterocycles. The molecule has 1 aromatic carbocycles. The summed E-state index contributed by atoms with van der Waals surface area (Å²) in [7, 11) is 0. The normalized spacial score (nSPS) is 18.6. The van der Waals surface area contributed by atoms with E-state index in [1.54, 1.807) is 0 Å². The van der Waals surface area contributed by atoms with Crippen LogP contribution in [0, 0.1) is 6.92 Å². The van der Waals surface area contributed by atoms with E-state index in [4.69, 9.17) is 1.12 Å². The van der Waals surface area contributed by atoms with Gasteiger partial charge >= 0.3 is 0 Å². The molecule has 16 heavy (non-hydrogen) atoms. The summed E-state index contributed by atoms with van der Waals surface area (Å²) in [5.41, 5.74) is 5.58. The predicted molar refractivity (Wildman–Crippen MR) is 73.5 cm³/mol. The molecule has 0 aliphatic carbocycles. The summed E-state index contributed by atoms with van der Waals surface area (Å²) < 4.78 is 9.60. The fraction of sp³-hybridized carbons (Fsp3) is 0.500. The van der Waals surface area contributed by atoms with Crippen LogP contribution in [0.4, 0.5) is 5.69 Å². The summed E-state index contributed by atoms with van der Waals surface area (Å²) in [5.74, 6) is 0.848. The molecule has 1 aliphatic heterocycles. The zero-order valence-corrected chi connectivity index (χ0v) is 11.3. The Hall–Kier alpha value is -0.760. The van der Waals surface area contributed by atoms with Gasteiger partial charge in [-0.2, -0.15) is 17.1 Å². The molecule has 0 amide bonds. The maximum atomic E-state index is 7.23. The molecule has 86 valence electrons. The fourth-order valence-corrected chi connectivity index (χ4v) is 2.66. The lowest BCUT2D eigenvalue weighted by Gasteiger charge is -2.15. The maximum absolute atomic E-state index is 7.23. The third-order valence-corrected chi connectivity index (χ3v) is 3.92. The van der Waals surface area contributed by atoms with Gasteiger partial charge in [-0.25, -0.2) is 0 Å². The Balaban J connectivity index is 2.50. The first-order chi connectivity index (χ1) is 7.98. The van der Waals surface area contributed by atoms with E-state index in [1.807, 2.05) is 0 Å². The first-order valence-corrected chi connectivity index (χ1v) is 6.37. The summed E-state index contributed by atoms with van der Waals surface area (Å²) in [6.07, 6.45) is 0. The molecule has 0 saturated carbocycles. The minimum Gasteiger partial charge on any atom is -0.198 e. The molecule has 0 aromatic heterocycles. The van der Waals surface area contributed by atoms with Gasteiger partial charge in [0, 0.05) is 24.3 Å². The number of hydrogen-bond acceptors (Lipinski definition) is 1. The SMILES string of the molecule is [3H]SCC[N+]1=C(C)C(C)(C)c2cc(C)ccc21. The van der Waals surface area contributed by atoms with Gasteiger partial charge in [0.05, 0.1) is 5.41 Å². The lowest BCUT2D eigenvalue weighted by molar-refractivity contribution is -0.433. The van der Waals surface area contributed by atoms with Crippen molar-refractivity contribution >= 4 is 23.9 Å². The monoisotopic (exact) mass is 236 g/mol. The molecule has 1 aliphatic rings. The Morgan fingerprint density at radius 2 is 2.12 bits per heavy atom. The van der Waals surface area contributed by atoms with Crippen molar-refractivity contribution in [2.75, 3.05) is 12.3 Å². The molecular formula is C14H20NS+. The van der Waals surface area contributed by atoms with Gasteiger partial charge < -0.3 is 0 Å². The maximum Gasteiger partial charge on any atom is 0.209 e. The molecule has 0 fully saturated rings. The van der Waals surface area contributed by atoms with Crippen LogP contribution >= 0.6 is 12.5 Å². The van der Waals surface area contributed by atoms with Gasteiger partial charge in [0.1, 0.15) is 1.12 Å². The zero-order chi connectivity index (χ0) is 12.6. The molecule has 0 bridgehead atoms. The standard InChI is InChI=1S/C14H19NS/c1-10-5-6-13-12(9-10)14(3,4)11(2)15(13)7-8-16/h5-6,9H,7-8H2,1-4H3/p+1/i/hT. The Labute approximate surface area is 105 Å². The van der Waals surface area contributed by atoms with Gasteiger partial charge in [-0.1, -0.05) is 11.6 Å². The van der Waals surface area contributed by atoms with Crippen LogP contribution in [0.2, 0.25) is 0 Å². The average molecular weight is 236 g/mol. The van der Waals surface area contributed by atoms with Crippen LogP contribution in [-0.4, -0.2) is 23.7 Å². The van der Waals surface area contributed by atoms with Gasteiger partial charge in [0.15, 0.2) is 12.3 Å². The molecule has 0 atom stereocenters. The molecule has 0 unspecified atom stereocenters. The van der Waals surface area contributed by atoms with E-state index >= 15 is 0 Å². The van der Waals surface area contributed by atoms with Crippen molar-refractivity contribution in [1.82, 2.24) is 0 Å². The number of rotatable bonds is 3. The highest BCUT2D eigenvalue weighted by atomic mass is 32.1. The van der Waals surface area contributed by atoms with Crippen LogP contribution in [-0.2, 0) is 5.41 Å². The first-order valence-electron chi connectivity index (χ1n) is 6.20. The fourth-order valence-electron chi connectivity index (χ4n) is 2.48. The molecule has 1 aromatic rings.